The zero-order valence-corrected chi connectivity index (χ0v) is 17.1. The van der Waals surface area contributed by atoms with E-state index >= 15 is 0 Å². The molecular formula is C25H22FNO4. The maximum Gasteiger partial charge on any atom is 0.251 e. The van der Waals surface area contributed by atoms with E-state index in [0.29, 0.717) is 22.4 Å². The largest absolute Gasteiger partial charge is 0.485 e. The first-order chi connectivity index (χ1) is 14.8. The Balaban J connectivity index is 1.71. The van der Waals surface area contributed by atoms with Crippen molar-refractivity contribution in [1.29, 1.82) is 0 Å². The molecule has 158 valence electrons. The van der Waals surface area contributed by atoms with Crippen LogP contribution in [0.25, 0.3) is 0 Å². The molecule has 3 aromatic rings. The number of halogens is 1. The molecule has 2 N–H and O–H groups in total. The Bertz CT molecular complexity index is 1130. The van der Waals surface area contributed by atoms with Crippen LogP contribution in [0.3, 0.4) is 0 Å². The number of fused-ring (bicyclic) bond motifs is 1. The lowest BCUT2D eigenvalue weighted by atomic mass is 9.85. The first-order valence-corrected chi connectivity index (χ1v) is 9.93. The minimum absolute atomic E-state index is 0.175. The van der Waals surface area contributed by atoms with Crippen LogP contribution in [0.5, 0.6) is 5.75 Å². The van der Waals surface area contributed by atoms with E-state index in [0.717, 1.165) is 0 Å². The van der Waals surface area contributed by atoms with Crippen LogP contribution in [-0.4, -0.2) is 28.5 Å². The van der Waals surface area contributed by atoms with Crippen molar-refractivity contribution in [1.82, 2.24) is 5.32 Å². The molecular weight excluding hydrogens is 397 g/mol. The summed E-state index contributed by atoms with van der Waals surface area (Å²) in [6.07, 6.45) is -1.08. The Hall–Kier alpha value is -3.51. The van der Waals surface area contributed by atoms with Crippen molar-refractivity contribution in [3.63, 3.8) is 0 Å². The fraction of sp³-hybridized carbons (Fsp3) is 0.200. The Morgan fingerprint density at radius 2 is 1.58 bits per heavy atom. The second kappa shape index (κ2) is 7.96. The quantitative estimate of drug-likeness (QED) is 0.626. The molecule has 1 heterocycles. The summed E-state index contributed by atoms with van der Waals surface area (Å²) in [5, 5.41) is 13.8. The van der Waals surface area contributed by atoms with Crippen molar-refractivity contribution in [2.45, 2.75) is 31.6 Å². The van der Waals surface area contributed by atoms with E-state index in [4.69, 9.17) is 4.74 Å². The predicted molar refractivity (Wildman–Crippen MR) is 114 cm³/mol. The summed E-state index contributed by atoms with van der Waals surface area (Å²) in [5.41, 5.74) is 0.743. The molecule has 2 atom stereocenters. The lowest BCUT2D eigenvalue weighted by molar-refractivity contribution is -0.0627. The Morgan fingerprint density at radius 1 is 0.935 bits per heavy atom. The monoisotopic (exact) mass is 419 g/mol. The number of ketones is 1. The molecule has 31 heavy (non-hydrogen) atoms. The van der Waals surface area contributed by atoms with Gasteiger partial charge in [0.05, 0.1) is 6.04 Å². The predicted octanol–water partition coefficient (Wildman–Crippen LogP) is 4.06. The molecule has 5 nitrogen and oxygen atoms in total. The summed E-state index contributed by atoms with van der Waals surface area (Å²) in [7, 11) is 0. The number of nitrogens with one attached hydrogen (secondary N) is 1. The van der Waals surface area contributed by atoms with E-state index in [1.807, 2.05) is 6.07 Å². The van der Waals surface area contributed by atoms with Crippen LogP contribution < -0.4 is 10.1 Å². The average molecular weight is 419 g/mol. The first kappa shape index (κ1) is 20.8. The molecule has 0 fully saturated rings. The van der Waals surface area contributed by atoms with Gasteiger partial charge in [-0.25, -0.2) is 4.39 Å². The number of aliphatic hydroxyl groups is 1. The van der Waals surface area contributed by atoms with Crippen LogP contribution in [-0.2, 0) is 0 Å². The highest BCUT2D eigenvalue weighted by molar-refractivity contribution is 6.09. The topological polar surface area (TPSA) is 75.6 Å². The molecule has 3 aromatic carbocycles. The maximum absolute atomic E-state index is 13.2. The van der Waals surface area contributed by atoms with Gasteiger partial charge in [-0.3, -0.25) is 9.59 Å². The van der Waals surface area contributed by atoms with Crippen molar-refractivity contribution in [2.75, 3.05) is 0 Å². The highest BCUT2D eigenvalue weighted by Crippen LogP contribution is 2.40. The minimum Gasteiger partial charge on any atom is -0.485 e. The Kier molecular flexibility index (Phi) is 5.33. The number of aliphatic hydroxyl groups excluding tert-OH is 1. The number of carbonyl (C=O) groups excluding carboxylic acids is 2. The number of carbonyl (C=O) groups is 2. The second-order valence-electron chi connectivity index (χ2n) is 8.06. The summed E-state index contributed by atoms with van der Waals surface area (Å²) < 4.78 is 19.2. The lowest BCUT2D eigenvalue weighted by Gasteiger charge is -2.42. The summed E-state index contributed by atoms with van der Waals surface area (Å²) in [5.74, 6) is -0.610. The van der Waals surface area contributed by atoms with Gasteiger partial charge in [0.1, 0.15) is 23.3 Å². The maximum atomic E-state index is 13.2. The van der Waals surface area contributed by atoms with Crippen LogP contribution in [0.4, 0.5) is 4.39 Å². The molecule has 0 radical (unpaired) electrons. The van der Waals surface area contributed by atoms with Gasteiger partial charge in [-0.05, 0) is 56.3 Å². The molecule has 0 saturated carbocycles. The zero-order chi connectivity index (χ0) is 22.2. The average Bonchev–Trinajstić information content (AvgIpc) is 2.77. The molecule has 0 unspecified atom stereocenters. The van der Waals surface area contributed by atoms with Gasteiger partial charge >= 0.3 is 0 Å². The third-order valence-electron chi connectivity index (χ3n) is 5.44. The van der Waals surface area contributed by atoms with Gasteiger partial charge in [0.25, 0.3) is 5.91 Å². The number of rotatable bonds is 4. The van der Waals surface area contributed by atoms with E-state index in [1.165, 1.54) is 24.3 Å². The highest BCUT2D eigenvalue weighted by Gasteiger charge is 2.44. The molecule has 0 saturated heterocycles. The SMILES string of the molecule is CC1(C)Oc2ccc(C(=O)c3ccccc3)cc2[C@@H](NC(=O)c2ccc(F)cc2)[C@@H]1O. The van der Waals surface area contributed by atoms with Gasteiger partial charge in [0.2, 0.25) is 0 Å². The molecule has 0 aromatic heterocycles. The van der Waals surface area contributed by atoms with Gasteiger partial charge < -0.3 is 15.2 Å². The Morgan fingerprint density at radius 3 is 2.26 bits per heavy atom. The van der Waals surface area contributed by atoms with Crippen LogP contribution in [0, 0.1) is 5.82 Å². The third kappa shape index (κ3) is 4.07. The lowest BCUT2D eigenvalue weighted by Crippen LogP contribution is -2.53. The molecule has 0 spiro atoms. The van der Waals surface area contributed by atoms with Gasteiger partial charge in [-0.2, -0.15) is 0 Å². The highest BCUT2D eigenvalue weighted by atomic mass is 19.1. The van der Waals surface area contributed by atoms with Crippen LogP contribution in [0.15, 0.2) is 72.8 Å². The van der Waals surface area contributed by atoms with Gasteiger partial charge in [-0.15, -0.1) is 0 Å². The van der Waals surface area contributed by atoms with Crippen molar-refractivity contribution in [2.24, 2.45) is 0 Å². The first-order valence-electron chi connectivity index (χ1n) is 9.93. The van der Waals surface area contributed by atoms with Gasteiger partial charge in [0.15, 0.2) is 5.78 Å². The van der Waals surface area contributed by atoms with Crippen molar-refractivity contribution >= 4 is 11.7 Å². The van der Waals surface area contributed by atoms with Crippen molar-refractivity contribution in [3.05, 3.63) is 101 Å². The van der Waals surface area contributed by atoms with Crippen LogP contribution in [0.2, 0.25) is 0 Å². The molecule has 0 bridgehead atoms. The summed E-state index contributed by atoms with van der Waals surface area (Å²) in [4.78, 5) is 25.7. The van der Waals surface area contributed by atoms with Crippen molar-refractivity contribution < 1.29 is 23.8 Å². The summed E-state index contributed by atoms with van der Waals surface area (Å²) in [6, 6.07) is 18.2. The zero-order valence-electron chi connectivity index (χ0n) is 17.1. The smallest absolute Gasteiger partial charge is 0.251 e. The van der Waals surface area contributed by atoms with E-state index in [9.17, 15) is 19.1 Å². The minimum atomic E-state index is -1.08. The van der Waals surface area contributed by atoms with E-state index in [1.54, 1.807) is 56.3 Å². The molecule has 1 aliphatic heterocycles. The summed E-state index contributed by atoms with van der Waals surface area (Å²) in [6.45, 7) is 3.45. The van der Waals surface area contributed by atoms with E-state index in [-0.39, 0.29) is 11.3 Å². The van der Waals surface area contributed by atoms with E-state index < -0.39 is 29.5 Å². The molecule has 4 rings (SSSR count). The number of ether oxygens (including phenoxy) is 1. The van der Waals surface area contributed by atoms with Gasteiger partial charge in [-0.1, -0.05) is 30.3 Å². The van der Waals surface area contributed by atoms with Crippen LogP contribution in [0.1, 0.15) is 51.7 Å². The number of amides is 1. The number of hydrogen-bond donors (Lipinski definition) is 2. The molecule has 6 heteroatoms. The number of benzene rings is 3. The fourth-order valence-electron chi connectivity index (χ4n) is 3.68. The fourth-order valence-corrected chi connectivity index (χ4v) is 3.68. The standard InChI is InChI=1S/C25H22FNO4/c1-25(2)23(29)21(27-24(30)16-8-11-18(26)12-9-16)19-14-17(10-13-20(19)31-25)22(28)15-6-4-3-5-7-15/h3-14,21,23,29H,1-2H3,(H,27,30)/t21-,23+/m1/s1. The second-order valence-corrected chi connectivity index (χ2v) is 8.06. The van der Waals surface area contributed by atoms with Crippen LogP contribution >= 0.6 is 0 Å². The van der Waals surface area contributed by atoms with E-state index in [2.05, 4.69) is 5.32 Å². The summed E-state index contributed by atoms with van der Waals surface area (Å²) >= 11 is 0. The number of hydrogen-bond acceptors (Lipinski definition) is 4. The normalized spacial score (nSPS) is 19.1. The molecule has 1 aliphatic rings. The van der Waals surface area contributed by atoms with Gasteiger partial charge in [0, 0.05) is 22.3 Å². The molecule has 0 aliphatic carbocycles. The third-order valence-corrected chi connectivity index (χ3v) is 5.44. The Labute approximate surface area is 179 Å². The molecule has 1 amide bonds. The van der Waals surface area contributed by atoms with Crippen molar-refractivity contribution in [3.8, 4) is 5.75 Å².